The van der Waals surface area contributed by atoms with Crippen LogP contribution in [-0.4, -0.2) is 43.3 Å². The fraction of sp³-hybridized carbons (Fsp3) is 0.875. The van der Waals surface area contributed by atoms with Gasteiger partial charge in [-0.25, -0.2) is 0 Å². The molecule has 1 amide bonds. The summed E-state index contributed by atoms with van der Waals surface area (Å²) in [4.78, 5) is 13.1. The van der Waals surface area contributed by atoms with E-state index in [0.717, 1.165) is 0 Å². The van der Waals surface area contributed by atoms with E-state index in [1.165, 1.54) is 0 Å². The lowest BCUT2D eigenvalue weighted by Gasteiger charge is -2.30. The number of nitrogens with one attached hydrogen (secondary N) is 1. The summed E-state index contributed by atoms with van der Waals surface area (Å²) in [7, 11) is 1.64. The van der Waals surface area contributed by atoms with Crippen LogP contribution in [0.15, 0.2) is 0 Å². The number of methoxy groups -OCH3 is 1. The standard InChI is InChI=1S/C8H16N2O2/c1-8(2)9-6-7(11)10(8)4-5-12-3/h9H,4-6H2,1-3H3. The van der Waals surface area contributed by atoms with Crippen molar-refractivity contribution in [1.29, 1.82) is 0 Å². The Morgan fingerprint density at radius 1 is 1.67 bits per heavy atom. The molecule has 1 N–H and O–H groups in total. The van der Waals surface area contributed by atoms with Crippen molar-refractivity contribution in [3.8, 4) is 0 Å². The Balaban J connectivity index is 2.53. The molecule has 0 aromatic heterocycles. The monoisotopic (exact) mass is 172 g/mol. The molecule has 0 atom stereocenters. The Labute approximate surface area is 72.9 Å². The first-order chi connectivity index (χ1) is 5.58. The van der Waals surface area contributed by atoms with Crippen molar-refractivity contribution in [3.05, 3.63) is 0 Å². The average molecular weight is 172 g/mol. The van der Waals surface area contributed by atoms with Crippen LogP contribution in [-0.2, 0) is 9.53 Å². The molecule has 0 aliphatic carbocycles. The van der Waals surface area contributed by atoms with E-state index in [4.69, 9.17) is 4.74 Å². The third-order valence-electron chi connectivity index (χ3n) is 2.17. The molecule has 4 nitrogen and oxygen atoms in total. The van der Waals surface area contributed by atoms with Gasteiger partial charge in [-0.3, -0.25) is 10.1 Å². The summed E-state index contributed by atoms with van der Waals surface area (Å²) in [5, 5.41) is 3.13. The second-order valence-corrected chi connectivity index (χ2v) is 3.45. The van der Waals surface area contributed by atoms with E-state index in [-0.39, 0.29) is 11.6 Å². The van der Waals surface area contributed by atoms with Gasteiger partial charge in [0.2, 0.25) is 5.91 Å². The molecule has 0 aromatic rings. The highest BCUT2D eigenvalue weighted by Gasteiger charge is 2.36. The predicted octanol–water partition coefficient (Wildman–Crippen LogP) is -0.199. The minimum Gasteiger partial charge on any atom is -0.383 e. The average Bonchev–Trinajstić information content (AvgIpc) is 2.24. The third-order valence-corrected chi connectivity index (χ3v) is 2.17. The van der Waals surface area contributed by atoms with Gasteiger partial charge < -0.3 is 9.64 Å². The fourth-order valence-electron chi connectivity index (χ4n) is 1.38. The number of rotatable bonds is 3. The number of ether oxygens (including phenoxy) is 1. The van der Waals surface area contributed by atoms with Crippen molar-refractivity contribution in [2.24, 2.45) is 0 Å². The van der Waals surface area contributed by atoms with Crippen LogP contribution in [0.25, 0.3) is 0 Å². The first-order valence-corrected chi connectivity index (χ1v) is 4.12. The van der Waals surface area contributed by atoms with Gasteiger partial charge in [0.1, 0.15) is 0 Å². The van der Waals surface area contributed by atoms with E-state index in [2.05, 4.69) is 5.32 Å². The summed E-state index contributed by atoms with van der Waals surface area (Å²) in [5.41, 5.74) is -0.213. The molecule has 1 heterocycles. The second-order valence-electron chi connectivity index (χ2n) is 3.45. The minimum atomic E-state index is -0.213. The summed E-state index contributed by atoms with van der Waals surface area (Å²) in [5.74, 6) is 0.150. The molecule has 1 fully saturated rings. The number of nitrogens with zero attached hydrogens (tertiary/aromatic N) is 1. The number of carbonyl (C=O) groups excluding carboxylic acids is 1. The Kier molecular flexibility index (Phi) is 2.69. The summed E-state index contributed by atoms with van der Waals surface area (Å²) >= 11 is 0. The molecule has 1 rings (SSSR count). The topological polar surface area (TPSA) is 41.6 Å². The SMILES string of the molecule is COCCN1C(=O)CNC1(C)C. The van der Waals surface area contributed by atoms with Crippen molar-refractivity contribution in [1.82, 2.24) is 10.2 Å². The molecule has 0 saturated carbocycles. The van der Waals surface area contributed by atoms with Crippen molar-refractivity contribution >= 4 is 5.91 Å². The zero-order valence-electron chi connectivity index (χ0n) is 7.89. The maximum absolute atomic E-state index is 11.3. The van der Waals surface area contributed by atoms with E-state index >= 15 is 0 Å². The molecule has 1 aliphatic heterocycles. The van der Waals surface area contributed by atoms with E-state index in [9.17, 15) is 4.79 Å². The molecule has 0 unspecified atom stereocenters. The maximum atomic E-state index is 11.3. The van der Waals surface area contributed by atoms with E-state index in [0.29, 0.717) is 19.7 Å². The summed E-state index contributed by atoms with van der Waals surface area (Å²) in [6.07, 6.45) is 0. The smallest absolute Gasteiger partial charge is 0.238 e. The summed E-state index contributed by atoms with van der Waals surface area (Å²) in [6.45, 7) is 5.68. The lowest BCUT2D eigenvalue weighted by Crippen LogP contribution is -2.48. The van der Waals surface area contributed by atoms with Gasteiger partial charge in [0.25, 0.3) is 0 Å². The van der Waals surface area contributed by atoms with Crippen LogP contribution < -0.4 is 5.32 Å². The largest absolute Gasteiger partial charge is 0.383 e. The number of carbonyl (C=O) groups is 1. The van der Waals surface area contributed by atoms with Crippen LogP contribution in [0, 0.1) is 0 Å². The molecule has 0 aromatic carbocycles. The lowest BCUT2D eigenvalue weighted by molar-refractivity contribution is -0.130. The van der Waals surface area contributed by atoms with Gasteiger partial charge in [-0.2, -0.15) is 0 Å². The van der Waals surface area contributed by atoms with Crippen molar-refractivity contribution in [2.75, 3.05) is 26.8 Å². The fourth-order valence-corrected chi connectivity index (χ4v) is 1.38. The van der Waals surface area contributed by atoms with Gasteiger partial charge in [-0.15, -0.1) is 0 Å². The van der Waals surface area contributed by atoms with Crippen molar-refractivity contribution in [3.63, 3.8) is 0 Å². The van der Waals surface area contributed by atoms with Crippen molar-refractivity contribution in [2.45, 2.75) is 19.5 Å². The Morgan fingerprint density at radius 2 is 2.33 bits per heavy atom. The number of amides is 1. The first kappa shape index (κ1) is 9.48. The first-order valence-electron chi connectivity index (χ1n) is 4.12. The second kappa shape index (κ2) is 3.41. The van der Waals surface area contributed by atoms with Crippen LogP contribution in [0.5, 0.6) is 0 Å². The van der Waals surface area contributed by atoms with Crippen LogP contribution in [0.4, 0.5) is 0 Å². The summed E-state index contributed by atoms with van der Waals surface area (Å²) < 4.78 is 4.92. The molecule has 0 spiro atoms. The Bertz CT molecular complexity index is 180. The van der Waals surface area contributed by atoms with Gasteiger partial charge in [-0.05, 0) is 13.8 Å². The molecule has 1 aliphatic rings. The summed E-state index contributed by atoms with van der Waals surface area (Å²) in [6, 6.07) is 0. The lowest BCUT2D eigenvalue weighted by atomic mass is 10.2. The maximum Gasteiger partial charge on any atom is 0.238 e. The Morgan fingerprint density at radius 3 is 2.75 bits per heavy atom. The van der Waals surface area contributed by atoms with E-state index in [1.807, 2.05) is 13.8 Å². The van der Waals surface area contributed by atoms with Gasteiger partial charge in [-0.1, -0.05) is 0 Å². The molecule has 0 bridgehead atoms. The number of hydrogen-bond acceptors (Lipinski definition) is 3. The van der Waals surface area contributed by atoms with Crippen LogP contribution in [0.3, 0.4) is 0 Å². The quantitative estimate of drug-likeness (QED) is 0.641. The molecule has 70 valence electrons. The molecule has 1 saturated heterocycles. The molecular weight excluding hydrogens is 156 g/mol. The van der Waals surface area contributed by atoms with Crippen LogP contribution in [0.2, 0.25) is 0 Å². The van der Waals surface area contributed by atoms with Crippen LogP contribution >= 0.6 is 0 Å². The molecule has 0 radical (unpaired) electrons. The molecular formula is C8H16N2O2. The minimum absolute atomic E-state index is 0.150. The normalized spacial score (nSPS) is 21.9. The highest BCUT2D eigenvalue weighted by molar-refractivity contribution is 5.81. The third kappa shape index (κ3) is 1.76. The van der Waals surface area contributed by atoms with Crippen molar-refractivity contribution < 1.29 is 9.53 Å². The van der Waals surface area contributed by atoms with Gasteiger partial charge in [0, 0.05) is 13.7 Å². The van der Waals surface area contributed by atoms with E-state index in [1.54, 1.807) is 12.0 Å². The van der Waals surface area contributed by atoms with Gasteiger partial charge in [0.15, 0.2) is 0 Å². The van der Waals surface area contributed by atoms with Gasteiger partial charge in [0.05, 0.1) is 18.8 Å². The molecule has 12 heavy (non-hydrogen) atoms. The van der Waals surface area contributed by atoms with Gasteiger partial charge >= 0.3 is 0 Å². The highest BCUT2D eigenvalue weighted by atomic mass is 16.5. The zero-order chi connectivity index (χ0) is 9.19. The zero-order valence-corrected chi connectivity index (χ0v) is 7.89. The highest BCUT2D eigenvalue weighted by Crippen LogP contribution is 2.15. The molecule has 4 heteroatoms. The predicted molar refractivity (Wildman–Crippen MR) is 45.7 cm³/mol. The van der Waals surface area contributed by atoms with Crippen LogP contribution in [0.1, 0.15) is 13.8 Å². The number of hydrogen-bond donors (Lipinski definition) is 1. The van der Waals surface area contributed by atoms with E-state index < -0.39 is 0 Å². The Hall–Kier alpha value is -0.610.